The number of nitrogens with zero attached hydrogens (tertiary/aromatic N) is 3. The maximum Gasteiger partial charge on any atom is 0.146 e. The number of anilines is 1. The van der Waals surface area contributed by atoms with Crippen molar-refractivity contribution in [3.63, 3.8) is 0 Å². The molecule has 1 aromatic heterocycles. The summed E-state index contributed by atoms with van der Waals surface area (Å²) in [6.45, 7) is 3.92. The van der Waals surface area contributed by atoms with Crippen LogP contribution in [-0.4, -0.2) is 10.2 Å². The highest BCUT2D eigenvalue weighted by atomic mass is 15.1. The first-order valence-electron chi connectivity index (χ1n) is 5.22. The average molecular weight is 224 g/mol. The fourth-order valence-electron chi connectivity index (χ4n) is 1.91. The van der Waals surface area contributed by atoms with Crippen LogP contribution < -0.4 is 5.73 Å². The molecule has 2 rings (SSSR count). The maximum atomic E-state index is 8.89. The minimum Gasteiger partial charge on any atom is -0.382 e. The summed E-state index contributed by atoms with van der Waals surface area (Å²) in [7, 11) is 0. The number of aromatic nitrogens is 2. The molecule has 1 heterocycles. The molecule has 4 nitrogen and oxygen atoms in total. The highest BCUT2D eigenvalue weighted by Gasteiger charge is 2.09. The lowest BCUT2D eigenvalue weighted by molar-refractivity contribution is 1.04. The van der Waals surface area contributed by atoms with Crippen LogP contribution in [0, 0.1) is 25.2 Å². The van der Waals surface area contributed by atoms with Gasteiger partial charge in [-0.15, -0.1) is 10.2 Å². The van der Waals surface area contributed by atoms with Gasteiger partial charge >= 0.3 is 0 Å². The SMILES string of the molecule is Cc1cc(C#N)cc(C)c1-c1ccc(N)nn1. The quantitative estimate of drug-likeness (QED) is 0.805. The number of hydrogen-bond acceptors (Lipinski definition) is 4. The van der Waals surface area contributed by atoms with Crippen LogP contribution in [0.1, 0.15) is 16.7 Å². The van der Waals surface area contributed by atoms with Crippen LogP contribution in [0.25, 0.3) is 11.3 Å². The summed E-state index contributed by atoms with van der Waals surface area (Å²) in [5.74, 6) is 0.401. The van der Waals surface area contributed by atoms with Gasteiger partial charge in [0.2, 0.25) is 0 Å². The molecule has 4 heteroatoms. The van der Waals surface area contributed by atoms with Gasteiger partial charge in [0.1, 0.15) is 5.82 Å². The molecule has 84 valence electrons. The summed E-state index contributed by atoms with van der Waals surface area (Å²) in [4.78, 5) is 0. The Morgan fingerprint density at radius 2 is 1.76 bits per heavy atom. The second-order valence-electron chi connectivity index (χ2n) is 3.94. The first-order chi connectivity index (χ1) is 8.11. The third-order valence-corrected chi connectivity index (χ3v) is 2.60. The molecular weight excluding hydrogens is 212 g/mol. The Kier molecular flexibility index (Phi) is 2.75. The molecule has 2 aromatic rings. The zero-order valence-corrected chi connectivity index (χ0v) is 9.73. The van der Waals surface area contributed by atoms with Gasteiger partial charge in [-0.3, -0.25) is 0 Å². The summed E-state index contributed by atoms with van der Waals surface area (Å²) < 4.78 is 0. The normalized spacial score (nSPS) is 9.94. The number of nitriles is 1. The standard InChI is InChI=1S/C13H12N4/c1-8-5-10(7-14)6-9(2)13(8)11-3-4-12(15)17-16-11/h3-6H,1-2H3,(H2,15,17). The minimum absolute atomic E-state index is 0.401. The van der Waals surface area contributed by atoms with Crippen molar-refractivity contribution in [1.29, 1.82) is 5.26 Å². The van der Waals surface area contributed by atoms with Crippen LogP contribution in [-0.2, 0) is 0 Å². The average Bonchev–Trinajstić information content (AvgIpc) is 2.30. The van der Waals surface area contributed by atoms with E-state index in [1.807, 2.05) is 32.0 Å². The van der Waals surface area contributed by atoms with Gasteiger partial charge in [-0.25, -0.2) is 0 Å². The van der Waals surface area contributed by atoms with Crippen molar-refractivity contribution in [3.8, 4) is 17.3 Å². The third kappa shape index (κ3) is 2.08. The Bertz CT molecular complexity index is 571. The maximum absolute atomic E-state index is 8.89. The van der Waals surface area contributed by atoms with Crippen molar-refractivity contribution in [2.24, 2.45) is 0 Å². The predicted octanol–water partition coefficient (Wildman–Crippen LogP) is 2.21. The van der Waals surface area contributed by atoms with Gasteiger partial charge < -0.3 is 5.73 Å². The van der Waals surface area contributed by atoms with Crippen LogP contribution in [0.15, 0.2) is 24.3 Å². The fraction of sp³-hybridized carbons (Fsp3) is 0.154. The topological polar surface area (TPSA) is 75.6 Å². The van der Waals surface area contributed by atoms with Crippen molar-refractivity contribution >= 4 is 5.82 Å². The molecule has 0 fully saturated rings. The van der Waals surface area contributed by atoms with E-state index in [2.05, 4.69) is 16.3 Å². The van der Waals surface area contributed by atoms with Crippen molar-refractivity contribution in [2.75, 3.05) is 5.73 Å². The Balaban J connectivity index is 2.60. The largest absolute Gasteiger partial charge is 0.382 e. The first kappa shape index (κ1) is 11.1. The summed E-state index contributed by atoms with van der Waals surface area (Å²) in [6.07, 6.45) is 0. The second kappa shape index (κ2) is 4.22. The van der Waals surface area contributed by atoms with Gasteiger partial charge in [0.25, 0.3) is 0 Å². The second-order valence-corrected chi connectivity index (χ2v) is 3.94. The molecule has 17 heavy (non-hydrogen) atoms. The first-order valence-corrected chi connectivity index (χ1v) is 5.22. The number of rotatable bonds is 1. The number of aryl methyl sites for hydroxylation is 2. The molecular formula is C13H12N4. The van der Waals surface area contributed by atoms with Crippen LogP contribution in [0.4, 0.5) is 5.82 Å². The molecule has 0 spiro atoms. The monoisotopic (exact) mass is 224 g/mol. The molecule has 1 aromatic carbocycles. The lowest BCUT2D eigenvalue weighted by Crippen LogP contribution is -1.97. The van der Waals surface area contributed by atoms with Gasteiger partial charge in [-0.2, -0.15) is 5.26 Å². The number of benzene rings is 1. The molecule has 0 radical (unpaired) electrons. The van der Waals surface area contributed by atoms with E-state index in [1.54, 1.807) is 6.07 Å². The molecule has 0 saturated carbocycles. The fourth-order valence-corrected chi connectivity index (χ4v) is 1.91. The van der Waals surface area contributed by atoms with Gasteiger partial charge in [-0.1, -0.05) is 0 Å². The Hall–Kier alpha value is -2.41. The number of hydrogen-bond donors (Lipinski definition) is 1. The van der Waals surface area contributed by atoms with Crippen molar-refractivity contribution in [1.82, 2.24) is 10.2 Å². The van der Waals surface area contributed by atoms with E-state index in [1.165, 1.54) is 0 Å². The Morgan fingerprint density at radius 1 is 1.12 bits per heavy atom. The summed E-state index contributed by atoms with van der Waals surface area (Å²) in [5, 5.41) is 16.8. The van der Waals surface area contributed by atoms with E-state index >= 15 is 0 Å². The molecule has 0 unspecified atom stereocenters. The molecule has 0 atom stereocenters. The van der Waals surface area contributed by atoms with Crippen LogP contribution >= 0.6 is 0 Å². The molecule has 0 bridgehead atoms. The van der Waals surface area contributed by atoms with E-state index in [-0.39, 0.29) is 0 Å². The van der Waals surface area contributed by atoms with Gasteiger partial charge in [0.15, 0.2) is 0 Å². The van der Waals surface area contributed by atoms with Crippen LogP contribution in [0.5, 0.6) is 0 Å². The van der Waals surface area contributed by atoms with Crippen LogP contribution in [0.2, 0.25) is 0 Å². The summed E-state index contributed by atoms with van der Waals surface area (Å²) >= 11 is 0. The highest BCUT2D eigenvalue weighted by molar-refractivity contribution is 5.69. The molecule has 0 aliphatic heterocycles. The van der Waals surface area contributed by atoms with E-state index in [0.717, 1.165) is 22.4 Å². The van der Waals surface area contributed by atoms with E-state index < -0.39 is 0 Å². The van der Waals surface area contributed by atoms with Crippen molar-refractivity contribution in [3.05, 3.63) is 41.0 Å². The van der Waals surface area contributed by atoms with E-state index in [4.69, 9.17) is 11.0 Å². The predicted molar refractivity (Wildman–Crippen MR) is 66.1 cm³/mol. The number of nitrogens with two attached hydrogens (primary N) is 1. The van der Waals surface area contributed by atoms with Crippen molar-refractivity contribution < 1.29 is 0 Å². The smallest absolute Gasteiger partial charge is 0.146 e. The molecule has 0 amide bonds. The third-order valence-electron chi connectivity index (χ3n) is 2.60. The Morgan fingerprint density at radius 3 is 2.24 bits per heavy atom. The van der Waals surface area contributed by atoms with E-state index in [9.17, 15) is 0 Å². The lowest BCUT2D eigenvalue weighted by Gasteiger charge is -2.09. The zero-order chi connectivity index (χ0) is 12.4. The van der Waals surface area contributed by atoms with E-state index in [0.29, 0.717) is 11.4 Å². The molecule has 2 N–H and O–H groups in total. The summed E-state index contributed by atoms with van der Waals surface area (Å²) in [5.41, 5.74) is 9.99. The summed E-state index contributed by atoms with van der Waals surface area (Å²) in [6, 6.07) is 9.39. The Labute approximate surface area is 99.7 Å². The van der Waals surface area contributed by atoms with Gasteiger partial charge in [-0.05, 0) is 49.2 Å². The minimum atomic E-state index is 0.401. The lowest BCUT2D eigenvalue weighted by atomic mass is 9.97. The number of nitrogen functional groups attached to an aromatic ring is 1. The van der Waals surface area contributed by atoms with Gasteiger partial charge in [0, 0.05) is 5.56 Å². The van der Waals surface area contributed by atoms with Gasteiger partial charge in [0.05, 0.1) is 17.3 Å². The zero-order valence-electron chi connectivity index (χ0n) is 9.73. The molecule has 0 aliphatic carbocycles. The highest BCUT2D eigenvalue weighted by Crippen LogP contribution is 2.26. The molecule has 0 aliphatic rings. The van der Waals surface area contributed by atoms with Crippen molar-refractivity contribution in [2.45, 2.75) is 13.8 Å². The molecule has 0 saturated heterocycles. The van der Waals surface area contributed by atoms with Crippen LogP contribution in [0.3, 0.4) is 0 Å².